The van der Waals surface area contributed by atoms with E-state index in [1.807, 2.05) is 13.0 Å². The first-order valence-corrected chi connectivity index (χ1v) is 4.97. The molecule has 0 aromatic heterocycles. The molecule has 1 N–H and O–H groups in total. The van der Waals surface area contributed by atoms with Crippen LogP contribution in [0.4, 0.5) is 0 Å². The molecule has 1 rings (SSSR count). The maximum Gasteiger partial charge on any atom is 0.150 e. The third-order valence-corrected chi connectivity index (χ3v) is 2.60. The first kappa shape index (κ1) is 9.11. The van der Waals surface area contributed by atoms with Gasteiger partial charge in [0.15, 0.2) is 0 Å². The molecule has 0 heterocycles. The summed E-state index contributed by atoms with van der Waals surface area (Å²) in [6.07, 6.45) is 2.78. The summed E-state index contributed by atoms with van der Waals surface area (Å²) in [5.41, 5.74) is 4.02. The smallest absolute Gasteiger partial charge is 0.150 e. The molecule has 0 spiro atoms. The second-order valence-corrected chi connectivity index (χ2v) is 4.48. The molecule has 1 atom stereocenters. The van der Waals surface area contributed by atoms with Crippen LogP contribution in [0.25, 0.3) is 0 Å². The minimum absolute atomic E-state index is 0.00815. The Balaban J connectivity index is 3.07. The highest BCUT2D eigenvalue weighted by Gasteiger charge is 2.12. The Hall–Kier alpha value is 0.0200. The van der Waals surface area contributed by atoms with Crippen LogP contribution in [0.3, 0.4) is 0 Å². The maximum absolute atomic E-state index is 9.32. The molecular weight excluding hydrogens is 272 g/mol. The highest BCUT2D eigenvalue weighted by Crippen LogP contribution is 2.24. The Kier molecular flexibility index (Phi) is 2.99. The van der Waals surface area contributed by atoms with Gasteiger partial charge in [0.2, 0.25) is 0 Å². The fourth-order valence-electron chi connectivity index (χ4n) is 0.891. The number of hydrogen-bond acceptors (Lipinski definition) is 1. The Bertz CT molecular complexity index is 259. The molecule has 1 aliphatic carbocycles. The van der Waals surface area contributed by atoms with Crippen LogP contribution in [-0.4, -0.2) is 9.93 Å². The summed E-state index contributed by atoms with van der Waals surface area (Å²) in [7, 11) is 0. The van der Waals surface area contributed by atoms with E-state index in [0.29, 0.717) is 0 Å². The molecule has 0 saturated heterocycles. The molecule has 0 fully saturated rings. The molecule has 0 unspecified atom stereocenters. The Morgan fingerprint density at radius 2 is 2.36 bits per heavy atom. The summed E-state index contributed by atoms with van der Waals surface area (Å²) in [6.45, 7) is 2.02. The highest BCUT2D eigenvalue weighted by molar-refractivity contribution is 9.11. The Labute approximate surface area is 82.7 Å². The van der Waals surface area contributed by atoms with Crippen molar-refractivity contribution < 1.29 is 5.11 Å². The lowest BCUT2D eigenvalue weighted by Crippen LogP contribution is -2.00. The molecule has 0 amide bonds. The van der Waals surface area contributed by atoms with Gasteiger partial charge in [-0.25, -0.2) is 0 Å². The third kappa shape index (κ3) is 2.51. The predicted octanol–water partition coefficient (Wildman–Crippen LogP) is 3.42. The fourth-order valence-corrected chi connectivity index (χ4v) is 2.11. The van der Waals surface area contributed by atoms with Crippen molar-refractivity contribution in [2.75, 3.05) is 0 Å². The van der Waals surface area contributed by atoms with Gasteiger partial charge in [-0.2, -0.15) is 0 Å². The molecule has 0 saturated carbocycles. The van der Waals surface area contributed by atoms with Crippen molar-refractivity contribution in [1.29, 1.82) is 0 Å². The van der Waals surface area contributed by atoms with Crippen LogP contribution in [0.1, 0.15) is 13.3 Å². The van der Waals surface area contributed by atoms with Gasteiger partial charge < -0.3 is 5.11 Å². The average Bonchev–Trinajstić information content (AvgIpc) is 1.93. The maximum atomic E-state index is 9.32. The molecule has 3 heteroatoms. The van der Waals surface area contributed by atoms with Crippen LogP contribution in [-0.2, 0) is 0 Å². The number of hydrogen-bond donors (Lipinski definition) is 1. The molecule has 0 aromatic rings. The van der Waals surface area contributed by atoms with Gasteiger partial charge in [-0.1, -0.05) is 27.2 Å². The van der Waals surface area contributed by atoms with E-state index in [9.17, 15) is 5.11 Å². The SMILES string of the molecule is CC1=CC(Br)=C=C(O)[C@H](Br)C1. The van der Waals surface area contributed by atoms with Crippen LogP contribution in [0.15, 0.2) is 27.6 Å². The first-order chi connectivity index (χ1) is 5.09. The molecule has 1 aliphatic rings. The summed E-state index contributed by atoms with van der Waals surface area (Å²) in [6, 6.07) is 0. The molecule has 0 aromatic carbocycles. The lowest BCUT2D eigenvalue weighted by molar-refractivity contribution is 0.396. The van der Waals surface area contributed by atoms with Crippen molar-refractivity contribution in [3.8, 4) is 0 Å². The van der Waals surface area contributed by atoms with E-state index in [0.717, 1.165) is 10.9 Å². The van der Waals surface area contributed by atoms with Gasteiger partial charge in [0.05, 0.1) is 9.31 Å². The minimum Gasteiger partial charge on any atom is -0.503 e. The molecule has 60 valence electrons. The predicted molar refractivity (Wildman–Crippen MR) is 53.2 cm³/mol. The molecule has 0 radical (unpaired) electrons. The van der Waals surface area contributed by atoms with E-state index in [1.165, 1.54) is 5.57 Å². The zero-order chi connectivity index (χ0) is 8.43. The van der Waals surface area contributed by atoms with E-state index in [-0.39, 0.29) is 10.6 Å². The summed E-state index contributed by atoms with van der Waals surface area (Å²) >= 11 is 6.62. The van der Waals surface area contributed by atoms with Gasteiger partial charge in [-0.3, -0.25) is 0 Å². The van der Waals surface area contributed by atoms with E-state index >= 15 is 0 Å². The second-order valence-electron chi connectivity index (χ2n) is 2.52. The van der Waals surface area contributed by atoms with Crippen LogP contribution in [0.5, 0.6) is 0 Å². The van der Waals surface area contributed by atoms with Crippen LogP contribution < -0.4 is 0 Å². The third-order valence-electron chi connectivity index (χ3n) is 1.42. The van der Waals surface area contributed by atoms with Crippen molar-refractivity contribution in [2.45, 2.75) is 18.2 Å². The van der Waals surface area contributed by atoms with Crippen molar-refractivity contribution in [1.82, 2.24) is 0 Å². The molecule has 1 nitrogen and oxygen atoms in total. The number of halogens is 2. The fraction of sp³-hybridized carbons (Fsp3) is 0.375. The molecule has 0 aliphatic heterocycles. The zero-order valence-electron chi connectivity index (χ0n) is 6.06. The monoisotopic (exact) mass is 278 g/mol. The zero-order valence-corrected chi connectivity index (χ0v) is 9.24. The topological polar surface area (TPSA) is 20.2 Å². The van der Waals surface area contributed by atoms with Gasteiger partial charge in [0.1, 0.15) is 5.76 Å². The summed E-state index contributed by atoms with van der Waals surface area (Å²) in [5.74, 6) is 0.255. The normalized spacial score (nSPS) is 25.0. The number of aliphatic hydroxyl groups excluding tert-OH is 1. The van der Waals surface area contributed by atoms with Gasteiger partial charge in [-0.15, -0.1) is 0 Å². The van der Waals surface area contributed by atoms with Crippen molar-refractivity contribution >= 4 is 31.9 Å². The summed E-state index contributed by atoms with van der Waals surface area (Å²) in [5, 5.41) is 9.32. The molecule has 11 heavy (non-hydrogen) atoms. The van der Waals surface area contributed by atoms with E-state index in [4.69, 9.17) is 0 Å². The summed E-state index contributed by atoms with van der Waals surface area (Å²) in [4.78, 5) is 0.00815. The van der Waals surface area contributed by atoms with E-state index in [2.05, 4.69) is 37.6 Å². The van der Waals surface area contributed by atoms with Gasteiger partial charge in [0, 0.05) is 0 Å². The largest absolute Gasteiger partial charge is 0.503 e. The van der Waals surface area contributed by atoms with Crippen LogP contribution >= 0.6 is 31.9 Å². The number of aliphatic hydroxyl groups is 1. The van der Waals surface area contributed by atoms with E-state index in [1.54, 1.807) is 0 Å². The minimum atomic E-state index is 0.00815. The lowest BCUT2D eigenvalue weighted by Gasteiger charge is -2.04. The van der Waals surface area contributed by atoms with Gasteiger partial charge in [-0.05, 0) is 35.4 Å². The van der Waals surface area contributed by atoms with Crippen molar-refractivity contribution in [3.05, 3.63) is 27.6 Å². The van der Waals surface area contributed by atoms with Crippen molar-refractivity contribution in [3.63, 3.8) is 0 Å². The number of alkyl halides is 1. The van der Waals surface area contributed by atoms with Crippen molar-refractivity contribution in [2.24, 2.45) is 0 Å². The van der Waals surface area contributed by atoms with Gasteiger partial charge in [0.25, 0.3) is 0 Å². The second kappa shape index (κ2) is 3.61. The molecular formula is C8H8Br2O. The molecule has 0 bridgehead atoms. The van der Waals surface area contributed by atoms with Crippen LogP contribution in [0.2, 0.25) is 0 Å². The Morgan fingerprint density at radius 3 is 3.00 bits per heavy atom. The Morgan fingerprint density at radius 1 is 1.73 bits per heavy atom. The number of rotatable bonds is 0. The van der Waals surface area contributed by atoms with Gasteiger partial charge >= 0.3 is 0 Å². The lowest BCUT2D eigenvalue weighted by atomic mass is 10.1. The van der Waals surface area contributed by atoms with Crippen LogP contribution in [0, 0.1) is 0 Å². The number of allylic oxidation sites excluding steroid dienone is 3. The highest BCUT2D eigenvalue weighted by atomic mass is 79.9. The summed E-state index contributed by atoms with van der Waals surface area (Å²) < 4.78 is 0.800. The standard InChI is InChI=1S/C8H8Br2O/c1-5-2-6(9)4-8(11)7(10)3-5/h2,7,11H,3H2,1H3/t7-/m1/s1. The van der Waals surface area contributed by atoms with E-state index < -0.39 is 0 Å². The quantitative estimate of drug-likeness (QED) is 0.532. The first-order valence-electron chi connectivity index (χ1n) is 3.26. The average molecular weight is 280 g/mol.